The molecule has 18 heavy (non-hydrogen) atoms. The molecule has 1 fully saturated rings. The van der Waals surface area contributed by atoms with Crippen molar-refractivity contribution in [1.82, 2.24) is 9.88 Å². The Morgan fingerprint density at radius 1 is 1.50 bits per heavy atom. The highest BCUT2D eigenvalue weighted by molar-refractivity contribution is 5.47. The predicted octanol–water partition coefficient (Wildman–Crippen LogP) is 1.24. The second kappa shape index (κ2) is 5.67. The average molecular weight is 248 g/mol. The zero-order chi connectivity index (χ0) is 13.1. The monoisotopic (exact) mass is 248 g/mol. The number of pyridine rings is 1. The van der Waals surface area contributed by atoms with Crippen molar-refractivity contribution in [2.24, 2.45) is 11.7 Å². The lowest BCUT2D eigenvalue weighted by Gasteiger charge is -2.24. The lowest BCUT2D eigenvalue weighted by Crippen LogP contribution is -2.29. The molecular formula is C14H24N4. The summed E-state index contributed by atoms with van der Waals surface area (Å²) >= 11 is 0. The normalized spacial score (nSPS) is 20.3. The topological polar surface area (TPSA) is 45.4 Å². The molecule has 100 valence electrons. The van der Waals surface area contributed by atoms with Crippen LogP contribution in [0.2, 0.25) is 0 Å². The van der Waals surface area contributed by atoms with Crippen molar-refractivity contribution < 1.29 is 0 Å². The van der Waals surface area contributed by atoms with E-state index in [0.717, 1.165) is 29.5 Å². The fraction of sp³-hybridized carbons (Fsp3) is 0.643. The van der Waals surface area contributed by atoms with E-state index in [1.807, 2.05) is 13.0 Å². The van der Waals surface area contributed by atoms with E-state index >= 15 is 0 Å². The van der Waals surface area contributed by atoms with Crippen molar-refractivity contribution in [2.75, 3.05) is 38.6 Å². The molecule has 2 heterocycles. The van der Waals surface area contributed by atoms with E-state index in [4.69, 9.17) is 5.73 Å². The van der Waals surface area contributed by atoms with Crippen molar-refractivity contribution in [3.8, 4) is 0 Å². The van der Waals surface area contributed by atoms with E-state index in [2.05, 4.69) is 34.9 Å². The summed E-state index contributed by atoms with van der Waals surface area (Å²) in [6.45, 7) is 6.05. The maximum absolute atomic E-state index is 5.79. The maximum Gasteiger partial charge on any atom is 0.133 e. The van der Waals surface area contributed by atoms with Crippen molar-refractivity contribution in [3.63, 3.8) is 0 Å². The molecule has 1 aliphatic heterocycles. The maximum atomic E-state index is 5.79. The number of hydrogen-bond acceptors (Lipinski definition) is 4. The summed E-state index contributed by atoms with van der Waals surface area (Å²) in [6.07, 6.45) is 1.28. The Hall–Kier alpha value is -1.13. The van der Waals surface area contributed by atoms with Gasteiger partial charge in [0.1, 0.15) is 5.82 Å². The summed E-state index contributed by atoms with van der Waals surface area (Å²) in [5, 5.41) is 0. The highest BCUT2D eigenvalue weighted by atomic mass is 15.2. The minimum Gasteiger partial charge on any atom is -0.359 e. The zero-order valence-electron chi connectivity index (χ0n) is 11.7. The Bertz CT molecular complexity index is 405. The van der Waals surface area contributed by atoms with Gasteiger partial charge in [0.15, 0.2) is 0 Å². The first-order valence-electron chi connectivity index (χ1n) is 6.66. The molecule has 4 nitrogen and oxygen atoms in total. The predicted molar refractivity (Wildman–Crippen MR) is 75.7 cm³/mol. The third-order valence-corrected chi connectivity index (χ3v) is 3.70. The lowest BCUT2D eigenvalue weighted by molar-refractivity contribution is 0.395. The third-order valence-electron chi connectivity index (χ3n) is 3.70. The van der Waals surface area contributed by atoms with E-state index in [-0.39, 0.29) is 0 Å². The molecule has 0 radical (unpaired) electrons. The van der Waals surface area contributed by atoms with Gasteiger partial charge in [-0.2, -0.15) is 0 Å². The Morgan fingerprint density at radius 3 is 2.89 bits per heavy atom. The van der Waals surface area contributed by atoms with E-state index in [9.17, 15) is 0 Å². The van der Waals surface area contributed by atoms with E-state index < -0.39 is 0 Å². The van der Waals surface area contributed by atoms with Gasteiger partial charge < -0.3 is 15.5 Å². The number of hydrogen-bond donors (Lipinski definition) is 1. The Balaban J connectivity index is 2.08. The van der Waals surface area contributed by atoms with Crippen LogP contribution < -0.4 is 10.6 Å². The zero-order valence-corrected chi connectivity index (χ0v) is 11.7. The van der Waals surface area contributed by atoms with E-state index in [1.54, 1.807) is 0 Å². The molecule has 1 atom stereocenters. The average Bonchev–Trinajstić information content (AvgIpc) is 2.74. The number of anilines is 1. The molecule has 0 amide bonds. The van der Waals surface area contributed by atoms with Gasteiger partial charge in [-0.05, 0) is 38.9 Å². The largest absolute Gasteiger partial charge is 0.359 e. The quantitative estimate of drug-likeness (QED) is 0.870. The fourth-order valence-corrected chi connectivity index (χ4v) is 2.71. The van der Waals surface area contributed by atoms with Crippen LogP contribution in [0.3, 0.4) is 0 Å². The van der Waals surface area contributed by atoms with Gasteiger partial charge in [0.2, 0.25) is 0 Å². The van der Waals surface area contributed by atoms with Crippen molar-refractivity contribution >= 4 is 5.82 Å². The molecule has 1 aromatic rings. The summed E-state index contributed by atoms with van der Waals surface area (Å²) < 4.78 is 0. The van der Waals surface area contributed by atoms with Gasteiger partial charge in [-0.3, -0.25) is 0 Å². The van der Waals surface area contributed by atoms with Gasteiger partial charge in [-0.1, -0.05) is 6.07 Å². The Kier molecular flexibility index (Phi) is 4.19. The van der Waals surface area contributed by atoms with Crippen LogP contribution in [0.15, 0.2) is 12.1 Å². The van der Waals surface area contributed by atoms with E-state index in [1.165, 1.54) is 19.5 Å². The van der Waals surface area contributed by atoms with Crippen LogP contribution in [0.4, 0.5) is 5.82 Å². The molecule has 0 bridgehead atoms. The first kappa shape index (κ1) is 13.3. The molecule has 0 saturated carbocycles. The smallest absolute Gasteiger partial charge is 0.133 e. The van der Waals surface area contributed by atoms with Gasteiger partial charge in [-0.25, -0.2) is 4.98 Å². The Morgan fingerprint density at radius 2 is 2.28 bits per heavy atom. The van der Waals surface area contributed by atoms with Gasteiger partial charge in [0.25, 0.3) is 0 Å². The highest BCUT2D eigenvalue weighted by Gasteiger charge is 2.21. The summed E-state index contributed by atoms with van der Waals surface area (Å²) in [4.78, 5) is 9.30. The molecule has 1 unspecified atom stereocenters. The van der Waals surface area contributed by atoms with Crippen LogP contribution in [0, 0.1) is 12.8 Å². The van der Waals surface area contributed by atoms with Gasteiger partial charge in [0.05, 0.1) is 0 Å². The molecule has 1 saturated heterocycles. The molecule has 1 aromatic heterocycles. The molecule has 1 aliphatic rings. The van der Waals surface area contributed by atoms with Crippen LogP contribution in [0.5, 0.6) is 0 Å². The first-order valence-corrected chi connectivity index (χ1v) is 6.66. The number of nitrogens with two attached hydrogens (primary N) is 1. The SMILES string of the molecule is Cc1ccc(CN)c(N(C)CC2CCN(C)C2)n1. The minimum absolute atomic E-state index is 0.553. The highest BCUT2D eigenvalue weighted by Crippen LogP contribution is 2.21. The Labute approximate surface area is 110 Å². The number of rotatable bonds is 4. The molecule has 0 aliphatic carbocycles. The van der Waals surface area contributed by atoms with Gasteiger partial charge in [0, 0.05) is 37.9 Å². The molecule has 2 N–H and O–H groups in total. The summed E-state index contributed by atoms with van der Waals surface area (Å²) in [5.74, 6) is 1.79. The van der Waals surface area contributed by atoms with Crippen molar-refractivity contribution in [1.29, 1.82) is 0 Å². The van der Waals surface area contributed by atoms with E-state index in [0.29, 0.717) is 6.54 Å². The summed E-state index contributed by atoms with van der Waals surface area (Å²) in [6, 6.07) is 4.12. The molecule has 4 heteroatoms. The summed E-state index contributed by atoms with van der Waals surface area (Å²) in [5.41, 5.74) is 7.98. The standard InChI is InChI=1S/C14H24N4/c1-11-4-5-13(8-15)14(16-11)18(3)10-12-6-7-17(2)9-12/h4-5,12H,6-10,15H2,1-3H3. The molecule has 0 spiro atoms. The number of aryl methyl sites for hydroxylation is 1. The fourth-order valence-electron chi connectivity index (χ4n) is 2.71. The van der Waals surface area contributed by atoms with Crippen LogP contribution >= 0.6 is 0 Å². The second-order valence-electron chi connectivity index (χ2n) is 5.44. The number of nitrogens with zero attached hydrogens (tertiary/aromatic N) is 3. The van der Waals surface area contributed by atoms with Crippen LogP contribution in [-0.4, -0.2) is 43.6 Å². The lowest BCUT2D eigenvalue weighted by atomic mass is 10.1. The van der Waals surface area contributed by atoms with Crippen molar-refractivity contribution in [3.05, 3.63) is 23.4 Å². The summed E-state index contributed by atoms with van der Waals surface area (Å²) in [7, 11) is 4.31. The van der Waals surface area contributed by atoms with Gasteiger partial charge >= 0.3 is 0 Å². The number of aromatic nitrogens is 1. The minimum atomic E-state index is 0.553. The first-order chi connectivity index (χ1) is 8.60. The molecule has 0 aromatic carbocycles. The van der Waals surface area contributed by atoms with Crippen LogP contribution in [0.25, 0.3) is 0 Å². The van der Waals surface area contributed by atoms with Crippen LogP contribution in [-0.2, 0) is 6.54 Å². The molecular weight excluding hydrogens is 224 g/mol. The van der Waals surface area contributed by atoms with Crippen molar-refractivity contribution in [2.45, 2.75) is 19.9 Å². The van der Waals surface area contributed by atoms with Gasteiger partial charge in [-0.15, -0.1) is 0 Å². The molecule has 2 rings (SSSR count). The number of likely N-dealkylation sites (tertiary alicyclic amines) is 1. The third kappa shape index (κ3) is 3.00. The second-order valence-corrected chi connectivity index (χ2v) is 5.44. The van der Waals surface area contributed by atoms with Crippen LogP contribution in [0.1, 0.15) is 17.7 Å².